The molecule has 2 N–H and O–H groups in total. The summed E-state index contributed by atoms with van der Waals surface area (Å²) in [4.78, 5) is 37.4. The minimum absolute atomic E-state index is 0.122. The molecule has 0 bridgehead atoms. The van der Waals surface area contributed by atoms with Crippen LogP contribution >= 0.6 is 0 Å². The molecule has 6 heteroatoms. The molecule has 1 saturated carbocycles. The topological polar surface area (TPSA) is 78.5 Å². The minimum Gasteiger partial charge on any atom is -0.355 e. The van der Waals surface area contributed by atoms with E-state index in [4.69, 9.17) is 0 Å². The molecule has 0 aromatic heterocycles. The van der Waals surface area contributed by atoms with E-state index in [1.807, 2.05) is 13.8 Å². The summed E-state index contributed by atoms with van der Waals surface area (Å²) in [5, 5.41) is 5.53. The molecule has 2 atom stereocenters. The van der Waals surface area contributed by atoms with E-state index in [0.717, 1.165) is 30.6 Å². The number of carbonyl (C=O) groups is 3. The Labute approximate surface area is 119 Å². The van der Waals surface area contributed by atoms with Gasteiger partial charge < -0.3 is 10.6 Å². The maximum Gasteiger partial charge on any atom is 0.325 e. The molecule has 2 fully saturated rings. The van der Waals surface area contributed by atoms with Gasteiger partial charge in [0, 0.05) is 6.54 Å². The average Bonchev–Trinajstić information content (AvgIpc) is 2.65. The van der Waals surface area contributed by atoms with Crippen LogP contribution in [0.4, 0.5) is 4.79 Å². The first-order valence-corrected chi connectivity index (χ1v) is 7.42. The van der Waals surface area contributed by atoms with Gasteiger partial charge in [0.2, 0.25) is 5.91 Å². The highest BCUT2D eigenvalue weighted by Gasteiger charge is 2.55. The van der Waals surface area contributed by atoms with Gasteiger partial charge in [-0.2, -0.15) is 0 Å². The van der Waals surface area contributed by atoms with Crippen molar-refractivity contribution in [2.24, 2.45) is 5.92 Å². The molecule has 2 aliphatic rings. The van der Waals surface area contributed by atoms with Crippen molar-refractivity contribution in [3.8, 4) is 0 Å². The molecule has 0 aromatic carbocycles. The lowest BCUT2D eigenvalue weighted by Crippen LogP contribution is -2.54. The molecule has 1 aliphatic carbocycles. The number of hydrogen-bond donors (Lipinski definition) is 2. The lowest BCUT2D eigenvalue weighted by Gasteiger charge is -2.36. The van der Waals surface area contributed by atoms with E-state index < -0.39 is 11.6 Å². The van der Waals surface area contributed by atoms with Crippen molar-refractivity contribution < 1.29 is 14.4 Å². The highest BCUT2D eigenvalue weighted by molar-refractivity contribution is 6.09. The van der Waals surface area contributed by atoms with Gasteiger partial charge in [-0.25, -0.2) is 4.79 Å². The van der Waals surface area contributed by atoms with Gasteiger partial charge in [-0.15, -0.1) is 0 Å². The van der Waals surface area contributed by atoms with Crippen LogP contribution in [0.5, 0.6) is 0 Å². The number of hydrogen-bond acceptors (Lipinski definition) is 3. The van der Waals surface area contributed by atoms with Gasteiger partial charge in [0.25, 0.3) is 5.91 Å². The van der Waals surface area contributed by atoms with Crippen LogP contribution in [0.3, 0.4) is 0 Å². The highest BCUT2D eigenvalue weighted by atomic mass is 16.2. The number of nitrogens with one attached hydrogen (secondary N) is 2. The zero-order valence-corrected chi connectivity index (χ0v) is 12.2. The first-order valence-electron chi connectivity index (χ1n) is 7.42. The van der Waals surface area contributed by atoms with Gasteiger partial charge in [0.05, 0.1) is 0 Å². The summed E-state index contributed by atoms with van der Waals surface area (Å²) < 4.78 is 0. The van der Waals surface area contributed by atoms with Gasteiger partial charge in [-0.1, -0.05) is 26.7 Å². The van der Waals surface area contributed by atoms with Crippen LogP contribution in [-0.2, 0) is 9.59 Å². The Balaban J connectivity index is 2.07. The van der Waals surface area contributed by atoms with Crippen LogP contribution in [-0.4, -0.2) is 41.4 Å². The van der Waals surface area contributed by atoms with E-state index >= 15 is 0 Å². The molecular weight excluding hydrogens is 258 g/mol. The van der Waals surface area contributed by atoms with Gasteiger partial charge in [-0.3, -0.25) is 14.5 Å². The minimum atomic E-state index is -0.777. The van der Waals surface area contributed by atoms with Crippen molar-refractivity contribution >= 4 is 17.8 Å². The van der Waals surface area contributed by atoms with E-state index in [1.54, 1.807) is 0 Å². The third kappa shape index (κ3) is 2.51. The van der Waals surface area contributed by atoms with Crippen molar-refractivity contribution in [2.75, 3.05) is 13.1 Å². The normalized spacial score (nSPS) is 29.7. The first-order chi connectivity index (χ1) is 9.51. The Morgan fingerprint density at radius 3 is 2.85 bits per heavy atom. The number of carbonyl (C=O) groups excluding carboxylic acids is 3. The van der Waals surface area contributed by atoms with Crippen molar-refractivity contribution in [1.82, 2.24) is 15.5 Å². The standard InChI is InChI=1S/C14H23N3O3/c1-3-8-15-11(18)9-17-12(19)14(16-13(17)20)7-5-4-6-10(14)2/h10H,3-9H2,1-2H3,(H,15,18)(H,16,20)/t10-,14-/m0/s1. The maximum atomic E-state index is 12.6. The molecule has 0 radical (unpaired) electrons. The Morgan fingerprint density at radius 2 is 2.20 bits per heavy atom. The van der Waals surface area contributed by atoms with Crippen LogP contribution in [0.2, 0.25) is 0 Å². The van der Waals surface area contributed by atoms with Gasteiger partial charge in [0.1, 0.15) is 12.1 Å². The van der Waals surface area contributed by atoms with E-state index in [0.29, 0.717) is 13.0 Å². The van der Waals surface area contributed by atoms with E-state index in [-0.39, 0.29) is 24.3 Å². The first kappa shape index (κ1) is 14.8. The molecule has 0 aromatic rings. The number of urea groups is 1. The zero-order valence-electron chi connectivity index (χ0n) is 12.2. The summed E-state index contributed by atoms with van der Waals surface area (Å²) in [6, 6.07) is -0.435. The average molecular weight is 281 g/mol. The summed E-state index contributed by atoms with van der Waals surface area (Å²) in [5.74, 6) is -0.395. The van der Waals surface area contributed by atoms with Gasteiger partial charge >= 0.3 is 6.03 Å². The van der Waals surface area contributed by atoms with E-state index in [2.05, 4.69) is 10.6 Å². The molecule has 1 saturated heterocycles. The second-order valence-corrected chi connectivity index (χ2v) is 5.79. The van der Waals surface area contributed by atoms with Crippen LogP contribution < -0.4 is 10.6 Å². The summed E-state index contributed by atoms with van der Waals surface area (Å²) in [6.07, 6.45) is 4.45. The number of nitrogens with zero attached hydrogens (tertiary/aromatic N) is 1. The SMILES string of the molecule is CCCNC(=O)CN1C(=O)N[C@]2(CCCC[C@@H]2C)C1=O. The lowest BCUT2D eigenvalue weighted by molar-refractivity contribution is -0.137. The Morgan fingerprint density at radius 1 is 1.45 bits per heavy atom. The molecule has 0 unspecified atom stereocenters. The predicted molar refractivity (Wildman–Crippen MR) is 73.9 cm³/mol. The van der Waals surface area contributed by atoms with Gasteiger partial charge in [0.15, 0.2) is 0 Å². The second-order valence-electron chi connectivity index (χ2n) is 5.79. The molecule has 1 spiro atoms. The molecule has 112 valence electrons. The van der Waals surface area contributed by atoms with Crippen LogP contribution in [0.1, 0.15) is 46.0 Å². The second kappa shape index (κ2) is 5.81. The number of amides is 4. The summed E-state index contributed by atoms with van der Waals surface area (Å²) in [5.41, 5.74) is -0.777. The van der Waals surface area contributed by atoms with Crippen molar-refractivity contribution in [3.05, 3.63) is 0 Å². The molecule has 6 nitrogen and oxygen atoms in total. The van der Waals surface area contributed by atoms with Crippen molar-refractivity contribution in [3.63, 3.8) is 0 Å². The predicted octanol–water partition coefficient (Wildman–Crippen LogP) is 1.01. The Bertz CT molecular complexity index is 424. The monoisotopic (exact) mass is 281 g/mol. The summed E-state index contributed by atoms with van der Waals surface area (Å²) >= 11 is 0. The Kier molecular flexibility index (Phi) is 4.30. The Hall–Kier alpha value is -1.59. The van der Waals surface area contributed by atoms with Crippen LogP contribution in [0.15, 0.2) is 0 Å². The lowest BCUT2D eigenvalue weighted by atomic mass is 9.73. The summed E-state index contributed by atoms with van der Waals surface area (Å²) in [7, 11) is 0. The molecule has 20 heavy (non-hydrogen) atoms. The van der Waals surface area contributed by atoms with Crippen molar-refractivity contribution in [1.29, 1.82) is 0 Å². The fourth-order valence-corrected chi connectivity index (χ4v) is 3.10. The van der Waals surface area contributed by atoms with E-state index in [1.165, 1.54) is 0 Å². The summed E-state index contributed by atoms with van der Waals surface area (Å²) in [6.45, 7) is 4.33. The zero-order chi connectivity index (χ0) is 14.8. The molecule has 1 heterocycles. The quantitative estimate of drug-likeness (QED) is 0.755. The molecule has 4 amide bonds. The third-order valence-electron chi connectivity index (χ3n) is 4.38. The fourth-order valence-electron chi connectivity index (χ4n) is 3.10. The van der Waals surface area contributed by atoms with Gasteiger partial charge in [-0.05, 0) is 25.2 Å². The molecular formula is C14H23N3O3. The number of imide groups is 1. The van der Waals surface area contributed by atoms with Crippen LogP contribution in [0, 0.1) is 5.92 Å². The fraction of sp³-hybridized carbons (Fsp3) is 0.786. The highest BCUT2D eigenvalue weighted by Crippen LogP contribution is 2.37. The number of rotatable bonds is 4. The van der Waals surface area contributed by atoms with Crippen LogP contribution in [0.25, 0.3) is 0 Å². The van der Waals surface area contributed by atoms with Crippen molar-refractivity contribution in [2.45, 2.75) is 51.5 Å². The smallest absolute Gasteiger partial charge is 0.325 e. The van der Waals surface area contributed by atoms with E-state index in [9.17, 15) is 14.4 Å². The molecule has 1 aliphatic heterocycles. The molecule has 2 rings (SSSR count). The third-order valence-corrected chi connectivity index (χ3v) is 4.38. The maximum absolute atomic E-state index is 12.6. The largest absolute Gasteiger partial charge is 0.355 e.